The quantitative estimate of drug-likeness (QED) is 0.384. The highest BCUT2D eigenvalue weighted by atomic mass is 28.4. The van der Waals surface area contributed by atoms with Gasteiger partial charge in [-0.1, -0.05) is 87.5 Å². The van der Waals surface area contributed by atoms with E-state index >= 15 is 0 Å². The summed E-state index contributed by atoms with van der Waals surface area (Å²) in [7, 11) is -1.87. The largest absolute Gasteiger partial charge is 0.543 e. The van der Waals surface area contributed by atoms with Gasteiger partial charge in [-0.25, -0.2) is 0 Å². The van der Waals surface area contributed by atoms with Crippen LogP contribution in [0.1, 0.15) is 31.9 Å². The maximum absolute atomic E-state index is 6.57. The van der Waals surface area contributed by atoms with E-state index in [4.69, 9.17) is 4.43 Å². The zero-order valence-corrected chi connectivity index (χ0v) is 19.4. The molecule has 0 saturated heterocycles. The molecule has 0 spiro atoms. The van der Waals surface area contributed by atoms with Crippen LogP contribution in [-0.4, -0.2) is 8.32 Å². The number of nitrogens with zero attached hydrogens (tertiary/aromatic N) is 1. The molecule has 2 nitrogen and oxygen atoms in total. The smallest absolute Gasteiger partial charge is 0.250 e. The SMILES string of the molecule is CC(C)(C)[Si](C)(C)Oc1cccc(N(Cc2ccccc2)Cc2ccccc2)c1. The Morgan fingerprint density at radius 1 is 0.724 bits per heavy atom. The Hall–Kier alpha value is -2.52. The summed E-state index contributed by atoms with van der Waals surface area (Å²) in [6.07, 6.45) is 0. The number of anilines is 1. The maximum Gasteiger partial charge on any atom is 0.250 e. The fourth-order valence-corrected chi connectivity index (χ4v) is 4.06. The Balaban J connectivity index is 1.89. The van der Waals surface area contributed by atoms with Crippen LogP contribution in [0, 0.1) is 0 Å². The molecule has 0 bridgehead atoms. The summed E-state index contributed by atoms with van der Waals surface area (Å²) in [4.78, 5) is 2.42. The van der Waals surface area contributed by atoms with E-state index in [2.05, 4.69) is 124 Å². The van der Waals surface area contributed by atoms with Crippen molar-refractivity contribution in [1.29, 1.82) is 0 Å². The number of benzene rings is 3. The molecule has 0 aliphatic heterocycles. The molecule has 0 aliphatic rings. The van der Waals surface area contributed by atoms with Gasteiger partial charge >= 0.3 is 0 Å². The van der Waals surface area contributed by atoms with Crippen LogP contribution in [0.3, 0.4) is 0 Å². The van der Waals surface area contributed by atoms with Crippen molar-refractivity contribution in [2.45, 2.75) is 52.0 Å². The summed E-state index contributed by atoms with van der Waals surface area (Å²) in [5.41, 5.74) is 3.80. The second-order valence-corrected chi connectivity index (χ2v) is 13.9. The molecule has 152 valence electrons. The highest BCUT2D eigenvalue weighted by Crippen LogP contribution is 2.38. The van der Waals surface area contributed by atoms with Crippen molar-refractivity contribution in [2.75, 3.05) is 4.90 Å². The standard InChI is InChI=1S/C26H33NOSi/c1-26(2,3)29(4,5)28-25-18-12-17-24(19-25)27(20-22-13-8-6-9-14-22)21-23-15-10-7-11-16-23/h6-19H,20-21H2,1-5H3. The van der Waals surface area contributed by atoms with Crippen molar-refractivity contribution >= 4 is 14.0 Å². The summed E-state index contributed by atoms with van der Waals surface area (Å²) in [6.45, 7) is 13.1. The Bertz CT molecular complexity index is 859. The minimum Gasteiger partial charge on any atom is -0.543 e. The lowest BCUT2D eigenvalue weighted by Crippen LogP contribution is -2.43. The van der Waals surface area contributed by atoms with Gasteiger partial charge in [-0.2, -0.15) is 0 Å². The van der Waals surface area contributed by atoms with E-state index in [1.807, 2.05) is 0 Å². The second-order valence-electron chi connectivity index (χ2n) is 9.19. The molecular formula is C26H33NOSi. The van der Waals surface area contributed by atoms with E-state index in [0.29, 0.717) is 0 Å². The second kappa shape index (κ2) is 8.87. The predicted molar refractivity (Wildman–Crippen MR) is 127 cm³/mol. The number of hydrogen-bond donors (Lipinski definition) is 0. The minimum absolute atomic E-state index is 0.177. The summed E-state index contributed by atoms with van der Waals surface area (Å²) < 4.78 is 6.57. The van der Waals surface area contributed by atoms with Crippen LogP contribution in [0.4, 0.5) is 5.69 Å². The first-order valence-electron chi connectivity index (χ1n) is 10.4. The van der Waals surface area contributed by atoms with Gasteiger partial charge in [0.15, 0.2) is 0 Å². The topological polar surface area (TPSA) is 12.5 Å². The Kier molecular flexibility index (Phi) is 6.48. The van der Waals surface area contributed by atoms with E-state index < -0.39 is 8.32 Å². The van der Waals surface area contributed by atoms with Crippen molar-refractivity contribution in [1.82, 2.24) is 0 Å². The molecule has 0 N–H and O–H groups in total. The van der Waals surface area contributed by atoms with Gasteiger partial charge in [-0.3, -0.25) is 0 Å². The molecule has 0 unspecified atom stereocenters. The van der Waals surface area contributed by atoms with Gasteiger partial charge in [0.1, 0.15) is 5.75 Å². The highest BCUT2D eigenvalue weighted by molar-refractivity contribution is 6.74. The summed E-state index contributed by atoms with van der Waals surface area (Å²) in [5.74, 6) is 0.972. The van der Waals surface area contributed by atoms with E-state index in [1.165, 1.54) is 16.8 Å². The van der Waals surface area contributed by atoms with Gasteiger partial charge in [-0.15, -0.1) is 0 Å². The van der Waals surface area contributed by atoms with Gasteiger partial charge in [0.05, 0.1) is 0 Å². The summed E-state index contributed by atoms with van der Waals surface area (Å²) >= 11 is 0. The third kappa shape index (κ3) is 5.74. The van der Waals surface area contributed by atoms with Gasteiger partial charge in [-0.05, 0) is 41.4 Å². The third-order valence-electron chi connectivity index (χ3n) is 5.79. The lowest BCUT2D eigenvalue weighted by molar-refractivity contribution is 0.492. The van der Waals surface area contributed by atoms with Crippen molar-refractivity contribution < 1.29 is 4.43 Å². The van der Waals surface area contributed by atoms with Gasteiger partial charge in [0, 0.05) is 24.8 Å². The summed E-state index contributed by atoms with van der Waals surface area (Å²) in [6, 6.07) is 29.9. The Morgan fingerprint density at radius 3 is 1.72 bits per heavy atom. The predicted octanol–water partition coefficient (Wildman–Crippen LogP) is 7.28. The van der Waals surface area contributed by atoms with Crippen LogP contribution in [0.25, 0.3) is 0 Å². The van der Waals surface area contributed by atoms with Crippen molar-refractivity contribution in [3.63, 3.8) is 0 Å². The van der Waals surface area contributed by atoms with Crippen LogP contribution < -0.4 is 9.33 Å². The first-order chi connectivity index (χ1) is 13.7. The number of hydrogen-bond acceptors (Lipinski definition) is 2. The van der Waals surface area contributed by atoms with Crippen molar-refractivity contribution in [2.24, 2.45) is 0 Å². The zero-order chi connectivity index (χ0) is 20.9. The lowest BCUT2D eigenvalue weighted by Gasteiger charge is -2.36. The zero-order valence-electron chi connectivity index (χ0n) is 18.4. The lowest BCUT2D eigenvalue weighted by atomic mass is 10.1. The van der Waals surface area contributed by atoms with Crippen LogP contribution >= 0.6 is 0 Å². The molecule has 0 atom stereocenters. The molecule has 3 rings (SSSR count). The molecule has 0 aliphatic carbocycles. The molecule has 0 aromatic heterocycles. The van der Waals surface area contributed by atoms with Crippen LogP contribution in [0.2, 0.25) is 18.1 Å². The highest BCUT2D eigenvalue weighted by Gasteiger charge is 2.39. The van der Waals surface area contributed by atoms with E-state index in [0.717, 1.165) is 18.8 Å². The maximum atomic E-state index is 6.57. The third-order valence-corrected chi connectivity index (χ3v) is 10.2. The molecule has 0 fully saturated rings. The first kappa shape index (κ1) is 21.2. The molecule has 0 heterocycles. The normalized spacial score (nSPS) is 11.9. The van der Waals surface area contributed by atoms with E-state index in [-0.39, 0.29) is 5.04 Å². The van der Waals surface area contributed by atoms with Gasteiger partial charge < -0.3 is 9.33 Å². The molecule has 0 amide bonds. The van der Waals surface area contributed by atoms with Crippen LogP contribution in [0.15, 0.2) is 84.9 Å². The molecule has 3 heteroatoms. The molecule has 0 saturated carbocycles. The Morgan fingerprint density at radius 2 is 1.24 bits per heavy atom. The minimum atomic E-state index is -1.87. The average Bonchev–Trinajstić information content (AvgIpc) is 2.68. The fourth-order valence-electron chi connectivity index (χ4n) is 3.04. The fraction of sp³-hybridized carbons (Fsp3) is 0.308. The van der Waals surface area contributed by atoms with Crippen LogP contribution in [0.5, 0.6) is 5.75 Å². The van der Waals surface area contributed by atoms with Crippen LogP contribution in [-0.2, 0) is 13.1 Å². The monoisotopic (exact) mass is 403 g/mol. The van der Waals surface area contributed by atoms with Crippen molar-refractivity contribution in [3.8, 4) is 5.75 Å². The summed E-state index contributed by atoms with van der Waals surface area (Å²) in [5, 5.41) is 0.177. The molecular weight excluding hydrogens is 370 g/mol. The molecule has 3 aromatic carbocycles. The van der Waals surface area contributed by atoms with E-state index in [1.54, 1.807) is 0 Å². The van der Waals surface area contributed by atoms with Gasteiger partial charge in [0.2, 0.25) is 8.32 Å². The number of rotatable bonds is 7. The first-order valence-corrected chi connectivity index (χ1v) is 13.3. The Labute approximate surface area is 177 Å². The van der Waals surface area contributed by atoms with Crippen molar-refractivity contribution in [3.05, 3.63) is 96.1 Å². The average molecular weight is 404 g/mol. The molecule has 3 aromatic rings. The van der Waals surface area contributed by atoms with E-state index in [9.17, 15) is 0 Å². The van der Waals surface area contributed by atoms with Gasteiger partial charge in [0.25, 0.3) is 0 Å². The molecule has 0 radical (unpaired) electrons. The molecule has 29 heavy (non-hydrogen) atoms.